The molecule has 2 saturated heterocycles. The Morgan fingerprint density at radius 1 is 1.27 bits per heavy atom. The van der Waals surface area contributed by atoms with E-state index in [2.05, 4.69) is 16.8 Å². The second-order valence-corrected chi connectivity index (χ2v) is 9.97. The summed E-state index contributed by atoms with van der Waals surface area (Å²) in [7, 11) is 0. The van der Waals surface area contributed by atoms with Crippen LogP contribution in [0.4, 0.5) is 4.39 Å². The van der Waals surface area contributed by atoms with Crippen molar-refractivity contribution in [3.8, 4) is 0 Å². The summed E-state index contributed by atoms with van der Waals surface area (Å²) in [4.78, 5) is 32.5. The number of aldehydes is 1. The van der Waals surface area contributed by atoms with Crippen LogP contribution in [-0.4, -0.2) is 65.4 Å². The van der Waals surface area contributed by atoms with Crippen molar-refractivity contribution < 1.29 is 18.7 Å². The number of aryl methyl sites for hydroxylation is 1. The molecule has 8 heteroatoms. The molecule has 1 aromatic heterocycles. The highest BCUT2D eigenvalue weighted by atomic mass is 32.1. The largest absolute Gasteiger partial charge is 0.371 e. The first kappa shape index (κ1) is 24.0. The first-order chi connectivity index (χ1) is 16.0. The molecule has 1 amide bonds. The van der Waals surface area contributed by atoms with Crippen LogP contribution in [-0.2, 0) is 28.9 Å². The highest BCUT2D eigenvalue weighted by Gasteiger charge is 2.41. The molecular formula is C25H32FN3O3S. The summed E-state index contributed by atoms with van der Waals surface area (Å²) >= 11 is 1.57. The Labute approximate surface area is 198 Å². The molecule has 0 saturated carbocycles. The number of hydrogen-bond acceptors (Lipinski definition) is 6. The molecule has 33 heavy (non-hydrogen) atoms. The van der Waals surface area contributed by atoms with Gasteiger partial charge in [0.15, 0.2) is 0 Å². The number of likely N-dealkylation sites (tertiary alicyclic amines) is 1. The summed E-state index contributed by atoms with van der Waals surface area (Å²) in [6.07, 6.45) is 5.55. The first-order valence-electron chi connectivity index (χ1n) is 11.8. The van der Waals surface area contributed by atoms with Gasteiger partial charge in [-0.1, -0.05) is 31.5 Å². The number of unbranched alkanes of at least 4 members (excludes halogenated alkanes) is 1. The third-order valence-electron chi connectivity index (χ3n) is 6.67. The number of aromatic nitrogens is 1. The summed E-state index contributed by atoms with van der Waals surface area (Å²) in [5, 5.41) is 2.91. The number of morpholine rings is 1. The van der Waals surface area contributed by atoms with E-state index in [1.165, 1.54) is 0 Å². The molecule has 0 atom stereocenters. The monoisotopic (exact) mass is 473 g/mol. The summed E-state index contributed by atoms with van der Waals surface area (Å²) < 4.78 is 20.9. The molecule has 4 rings (SSSR count). The Hall–Kier alpha value is -2.16. The zero-order valence-electron chi connectivity index (χ0n) is 19.2. The molecule has 0 N–H and O–H groups in total. The summed E-state index contributed by atoms with van der Waals surface area (Å²) in [5.41, 5.74) is 1.27. The second kappa shape index (κ2) is 10.8. The number of benzene rings is 1. The van der Waals surface area contributed by atoms with Gasteiger partial charge in [-0.15, -0.1) is 11.3 Å². The maximum absolute atomic E-state index is 14.7. The normalized spacial score (nSPS) is 18.5. The van der Waals surface area contributed by atoms with Gasteiger partial charge in [0.25, 0.3) is 5.91 Å². The molecular weight excluding hydrogens is 441 g/mol. The van der Waals surface area contributed by atoms with E-state index in [-0.39, 0.29) is 23.7 Å². The van der Waals surface area contributed by atoms with Gasteiger partial charge in [0, 0.05) is 43.5 Å². The Morgan fingerprint density at radius 3 is 2.82 bits per heavy atom. The summed E-state index contributed by atoms with van der Waals surface area (Å²) in [6.45, 7) is 5.90. The van der Waals surface area contributed by atoms with Gasteiger partial charge < -0.3 is 14.4 Å². The van der Waals surface area contributed by atoms with Crippen LogP contribution in [0.3, 0.4) is 0 Å². The van der Waals surface area contributed by atoms with Crippen molar-refractivity contribution in [1.29, 1.82) is 0 Å². The average Bonchev–Trinajstić information content (AvgIpc) is 3.30. The van der Waals surface area contributed by atoms with Crippen LogP contribution in [0.5, 0.6) is 0 Å². The number of nitrogens with zero attached hydrogens (tertiary/aromatic N) is 3. The average molecular weight is 474 g/mol. The predicted molar refractivity (Wildman–Crippen MR) is 126 cm³/mol. The molecule has 2 aromatic rings. The third kappa shape index (κ3) is 5.67. The fourth-order valence-electron chi connectivity index (χ4n) is 4.70. The van der Waals surface area contributed by atoms with Crippen molar-refractivity contribution in [2.24, 2.45) is 0 Å². The van der Waals surface area contributed by atoms with Crippen molar-refractivity contribution >= 4 is 23.5 Å². The minimum Gasteiger partial charge on any atom is -0.371 e. The molecule has 0 aliphatic carbocycles. The number of hydrogen-bond donors (Lipinski definition) is 0. The Kier molecular flexibility index (Phi) is 7.88. The Morgan fingerprint density at radius 2 is 2.06 bits per heavy atom. The standard InChI is InChI=1S/C25H32FN3O3S/c1-2-3-7-22-27-21(17-33-22)24(31)29-13-15-32-25(18-29)9-11-28(12-10-25)16-20-6-4-5-19(8-14-30)23(20)26/h4-6,14,17H,2-3,7-13,15-16,18H2,1H3. The van der Waals surface area contributed by atoms with Gasteiger partial charge in [0.1, 0.15) is 17.8 Å². The molecule has 6 nitrogen and oxygen atoms in total. The highest BCUT2D eigenvalue weighted by molar-refractivity contribution is 7.09. The van der Waals surface area contributed by atoms with E-state index >= 15 is 0 Å². The highest BCUT2D eigenvalue weighted by Crippen LogP contribution is 2.32. The van der Waals surface area contributed by atoms with Crippen LogP contribution in [0.1, 0.15) is 59.2 Å². The second-order valence-electron chi connectivity index (χ2n) is 9.03. The van der Waals surface area contributed by atoms with Crippen molar-refractivity contribution in [3.05, 3.63) is 51.2 Å². The number of ether oxygens (including phenoxy) is 1. The van der Waals surface area contributed by atoms with E-state index in [0.717, 1.165) is 56.5 Å². The van der Waals surface area contributed by atoms with Gasteiger partial charge in [-0.25, -0.2) is 9.37 Å². The molecule has 0 radical (unpaired) electrons. The zero-order chi connectivity index (χ0) is 23.3. The minimum atomic E-state index is -0.344. The number of carbonyl (C=O) groups excluding carboxylic acids is 2. The lowest BCUT2D eigenvalue weighted by atomic mass is 9.89. The first-order valence-corrected chi connectivity index (χ1v) is 12.7. The lowest BCUT2D eigenvalue weighted by molar-refractivity contribution is -0.128. The predicted octanol–water partition coefficient (Wildman–Crippen LogP) is 3.87. The number of carbonyl (C=O) groups is 2. The van der Waals surface area contributed by atoms with Gasteiger partial charge in [0.2, 0.25) is 0 Å². The van der Waals surface area contributed by atoms with Crippen LogP contribution in [0.25, 0.3) is 0 Å². The van der Waals surface area contributed by atoms with Crippen LogP contribution in [0.15, 0.2) is 23.6 Å². The molecule has 178 valence electrons. The molecule has 1 spiro atoms. The number of amides is 1. The molecule has 2 aliphatic heterocycles. The smallest absolute Gasteiger partial charge is 0.273 e. The van der Waals surface area contributed by atoms with Crippen molar-refractivity contribution in [2.75, 3.05) is 32.8 Å². The van der Waals surface area contributed by atoms with E-state index in [1.54, 1.807) is 23.5 Å². The molecule has 2 fully saturated rings. The number of piperidine rings is 1. The molecule has 1 aromatic carbocycles. The van der Waals surface area contributed by atoms with E-state index in [1.807, 2.05) is 16.3 Å². The quantitative estimate of drug-likeness (QED) is 0.545. The van der Waals surface area contributed by atoms with Gasteiger partial charge >= 0.3 is 0 Å². The van der Waals surface area contributed by atoms with Crippen LogP contribution in [0.2, 0.25) is 0 Å². The fraction of sp³-hybridized carbons (Fsp3) is 0.560. The molecule has 0 unspecified atom stereocenters. The maximum atomic E-state index is 14.7. The lowest BCUT2D eigenvalue weighted by Gasteiger charge is -2.47. The topological polar surface area (TPSA) is 62.7 Å². The number of thiazole rings is 1. The van der Waals surface area contributed by atoms with Gasteiger partial charge in [0.05, 0.1) is 23.8 Å². The van der Waals surface area contributed by atoms with Gasteiger partial charge in [-0.05, 0) is 31.2 Å². The van der Waals surface area contributed by atoms with E-state index in [0.29, 0.717) is 43.1 Å². The van der Waals surface area contributed by atoms with Crippen LogP contribution >= 0.6 is 11.3 Å². The number of halogens is 1. The fourth-order valence-corrected chi connectivity index (χ4v) is 5.51. The molecule has 2 aliphatic rings. The van der Waals surface area contributed by atoms with Crippen LogP contribution < -0.4 is 0 Å². The Bertz CT molecular complexity index is 972. The lowest BCUT2D eigenvalue weighted by Crippen LogP contribution is -2.58. The van der Waals surface area contributed by atoms with Crippen molar-refractivity contribution in [1.82, 2.24) is 14.8 Å². The third-order valence-corrected chi connectivity index (χ3v) is 7.58. The van der Waals surface area contributed by atoms with E-state index in [4.69, 9.17) is 4.74 Å². The van der Waals surface area contributed by atoms with Crippen molar-refractivity contribution in [2.45, 2.75) is 57.6 Å². The SMILES string of the molecule is CCCCc1nc(C(=O)N2CCOC3(CCN(Cc4cccc(CC=O)c4F)CC3)C2)cs1. The maximum Gasteiger partial charge on any atom is 0.273 e. The molecule has 3 heterocycles. The zero-order valence-corrected chi connectivity index (χ0v) is 20.0. The van der Waals surface area contributed by atoms with E-state index in [9.17, 15) is 14.0 Å². The Balaban J connectivity index is 1.34. The van der Waals surface area contributed by atoms with Crippen molar-refractivity contribution in [3.63, 3.8) is 0 Å². The molecule has 0 bridgehead atoms. The minimum absolute atomic E-state index is 0.00633. The number of rotatable bonds is 8. The van der Waals surface area contributed by atoms with Crippen LogP contribution in [0, 0.1) is 5.82 Å². The van der Waals surface area contributed by atoms with Gasteiger partial charge in [-0.3, -0.25) is 9.69 Å². The summed E-state index contributed by atoms with van der Waals surface area (Å²) in [5.74, 6) is -0.287. The summed E-state index contributed by atoms with van der Waals surface area (Å²) in [6, 6.07) is 5.26. The van der Waals surface area contributed by atoms with E-state index < -0.39 is 0 Å². The van der Waals surface area contributed by atoms with Gasteiger partial charge in [-0.2, -0.15) is 0 Å².